The average Bonchev–Trinajstić information content (AvgIpc) is 2.42. The maximum absolute atomic E-state index is 13.8. The summed E-state index contributed by atoms with van der Waals surface area (Å²) in [5.41, 5.74) is 0.0296. The van der Waals surface area contributed by atoms with Gasteiger partial charge in [0.05, 0.1) is 0 Å². The first-order valence-electron chi connectivity index (χ1n) is 6.71. The quantitative estimate of drug-likeness (QED) is 0.523. The number of benzene rings is 1. The first-order valence-corrected chi connectivity index (χ1v) is 6.71. The van der Waals surface area contributed by atoms with E-state index in [1.807, 2.05) is 13.8 Å². The van der Waals surface area contributed by atoms with Crippen molar-refractivity contribution in [2.24, 2.45) is 0 Å². The lowest BCUT2D eigenvalue weighted by molar-refractivity contribution is 0.112. The van der Waals surface area contributed by atoms with Gasteiger partial charge in [-0.05, 0) is 25.7 Å². The van der Waals surface area contributed by atoms with E-state index >= 15 is 0 Å². The molecule has 106 valence electrons. The minimum absolute atomic E-state index is 0.00157. The summed E-state index contributed by atoms with van der Waals surface area (Å²) in [6.07, 6.45) is 3.81. The predicted octanol–water partition coefficient (Wildman–Crippen LogP) is 4.60. The standard InChI is InChI=1S/C15H19F3O/c1-3-5-7-10-12(9-19)11(8-6-4-2)14(17)15(18)13(10)16/h9H,3-8H2,1-2H3. The lowest BCUT2D eigenvalue weighted by Crippen LogP contribution is -2.10. The van der Waals surface area contributed by atoms with E-state index in [0.29, 0.717) is 19.1 Å². The van der Waals surface area contributed by atoms with Crippen molar-refractivity contribution >= 4 is 6.29 Å². The van der Waals surface area contributed by atoms with Crippen LogP contribution >= 0.6 is 0 Å². The Kier molecular flexibility index (Phi) is 6.06. The van der Waals surface area contributed by atoms with Gasteiger partial charge in [-0.25, -0.2) is 13.2 Å². The second kappa shape index (κ2) is 7.31. The second-order valence-corrected chi connectivity index (χ2v) is 4.64. The normalized spacial score (nSPS) is 10.8. The van der Waals surface area contributed by atoms with E-state index in [2.05, 4.69) is 0 Å². The van der Waals surface area contributed by atoms with Crippen LogP contribution in [0.1, 0.15) is 61.0 Å². The van der Waals surface area contributed by atoms with Gasteiger partial charge in [0.25, 0.3) is 0 Å². The van der Waals surface area contributed by atoms with Crippen molar-refractivity contribution in [3.63, 3.8) is 0 Å². The zero-order valence-corrected chi connectivity index (χ0v) is 11.4. The summed E-state index contributed by atoms with van der Waals surface area (Å²) in [5.74, 6) is -3.88. The molecule has 1 aromatic rings. The van der Waals surface area contributed by atoms with E-state index in [0.717, 1.165) is 12.8 Å². The fourth-order valence-corrected chi connectivity index (χ4v) is 2.12. The highest BCUT2D eigenvalue weighted by Crippen LogP contribution is 2.27. The van der Waals surface area contributed by atoms with Crippen LogP contribution in [0.25, 0.3) is 0 Å². The number of rotatable bonds is 7. The van der Waals surface area contributed by atoms with Crippen molar-refractivity contribution in [3.05, 3.63) is 34.1 Å². The minimum Gasteiger partial charge on any atom is -0.298 e. The van der Waals surface area contributed by atoms with E-state index in [1.54, 1.807) is 0 Å². The summed E-state index contributed by atoms with van der Waals surface area (Å²) in [7, 11) is 0. The van der Waals surface area contributed by atoms with Crippen molar-refractivity contribution < 1.29 is 18.0 Å². The van der Waals surface area contributed by atoms with Gasteiger partial charge >= 0.3 is 0 Å². The molecule has 4 heteroatoms. The molecule has 1 aromatic carbocycles. The molecule has 0 unspecified atom stereocenters. The molecule has 0 aliphatic carbocycles. The van der Waals surface area contributed by atoms with Crippen LogP contribution in [-0.2, 0) is 12.8 Å². The molecule has 0 amide bonds. The van der Waals surface area contributed by atoms with E-state index in [9.17, 15) is 18.0 Å². The van der Waals surface area contributed by atoms with Gasteiger partial charge in [0.2, 0.25) is 0 Å². The molecule has 19 heavy (non-hydrogen) atoms. The average molecular weight is 272 g/mol. The largest absolute Gasteiger partial charge is 0.298 e. The van der Waals surface area contributed by atoms with Gasteiger partial charge in [-0.1, -0.05) is 26.7 Å². The number of halogens is 3. The van der Waals surface area contributed by atoms with Crippen LogP contribution in [0.4, 0.5) is 13.2 Å². The van der Waals surface area contributed by atoms with Crippen molar-refractivity contribution in [3.8, 4) is 0 Å². The number of unbranched alkanes of at least 4 members (excludes halogenated alkanes) is 2. The lowest BCUT2D eigenvalue weighted by Gasteiger charge is -2.13. The van der Waals surface area contributed by atoms with Gasteiger partial charge in [-0.3, -0.25) is 4.79 Å². The fourth-order valence-electron chi connectivity index (χ4n) is 2.12. The van der Waals surface area contributed by atoms with E-state index in [4.69, 9.17) is 0 Å². The van der Waals surface area contributed by atoms with Gasteiger partial charge in [0, 0.05) is 16.7 Å². The summed E-state index contributed by atoms with van der Waals surface area (Å²) in [4.78, 5) is 11.1. The molecule has 0 atom stereocenters. The van der Waals surface area contributed by atoms with Crippen LogP contribution < -0.4 is 0 Å². The molecule has 0 radical (unpaired) electrons. The molecule has 0 saturated heterocycles. The third kappa shape index (κ3) is 3.37. The Morgan fingerprint density at radius 3 is 1.58 bits per heavy atom. The first-order chi connectivity index (χ1) is 9.08. The highest BCUT2D eigenvalue weighted by atomic mass is 19.2. The van der Waals surface area contributed by atoms with Crippen LogP contribution in [0.3, 0.4) is 0 Å². The van der Waals surface area contributed by atoms with Crippen LogP contribution in [-0.4, -0.2) is 6.29 Å². The van der Waals surface area contributed by atoms with Gasteiger partial charge in [-0.2, -0.15) is 0 Å². The monoisotopic (exact) mass is 272 g/mol. The molecular weight excluding hydrogens is 253 g/mol. The Morgan fingerprint density at radius 2 is 1.26 bits per heavy atom. The topological polar surface area (TPSA) is 17.1 Å². The number of carbonyl (C=O) groups excluding carboxylic acids is 1. The fraction of sp³-hybridized carbons (Fsp3) is 0.533. The van der Waals surface area contributed by atoms with Crippen molar-refractivity contribution in [2.45, 2.75) is 52.4 Å². The molecule has 0 spiro atoms. The summed E-state index contributed by atoms with van der Waals surface area (Å²) in [6.45, 7) is 3.83. The number of hydrogen-bond donors (Lipinski definition) is 0. The highest BCUT2D eigenvalue weighted by Gasteiger charge is 2.23. The van der Waals surface area contributed by atoms with Gasteiger partial charge < -0.3 is 0 Å². The highest BCUT2D eigenvalue weighted by molar-refractivity contribution is 5.80. The first kappa shape index (κ1) is 15.7. The number of hydrogen-bond acceptors (Lipinski definition) is 1. The zero-order chi connectivity index (χ0) is 14.4. The lowest BCUT2D eigenvalue weighted by atomic mass is 9.93. The van der Waals surface area contributed by atoms with Gasteiger partial charge in [-0.15, -0.1) is 0 Å². The molecule has 0 fully saturated rings. The van der Waals surface area contributed by atoms with Crippen molar-refractivity contribution in [2.75, 3.05) is 0 Å². The van der Waals surface area contributed by atoms with E-state index in [-0.39, 0.29) is 29.5 Å². The molecule has 0 N–H and O–H groups in total. The van der Waals surface area contributed by atoms with Gasteiger partial charge in [0.15, 0.2) is 23.7 Å². The Morgan fingerprint density at radius 1 is 0.842 bits per heavy atom. The summed E-state index contributed by atoms with van der Waals surface area (Å²) >= 11 is 0. The molecule has 1 nitrogen and oxygen atoms in total. The summed E-state index contributed by atoms with van der Waals surface area (Å²) < 4.78 is 41.1. The molecule has 0 heterocycles. The van der Waals surface area contributed by atoms with E-state index in [1.165, 1.54) is 0 Å². The van der Waals surface area contributed by atoms with Crippen LogP contribution in [0.2, 0.25) is 0 Å². The molecule has 0 bridgehead atoms. The van der Waals surface area contributed by atoms with Crippen molar-refractivity contribution in [1.82, 2.24) is 0 Å². The zero-order valence-electron chi connectivity index (χ0n) is 11.4. The SMILES string of the molecule is CCCCc1c(F)c(F)c(F)c(CCCC)c1C=O. The number of carbonyl (C=O) groups is 1. The molecule has 0 saturated carbocycles. The maximum atomic E-state index is 13.8. The Labute approximate surface area is 111 Å². The Bertz CT molecular complexity index is 420. The Hall–Kier alpha value is -1.32. The van der Waals surface area contributed by atoms with E-state index < -0.39 is 17.5 Å². The van der Waals surface area contributed by atoms with Crippen LogP contribution in [0.5, 0.6) is 0 Å². The van der Waals surface area contributed by atoms with Gasteiger partial charge in [0.1, 0.15) is 0 Å². The second-order valence-electron chi connectivity index (χ2n) is 4.64. The molecule has 0 aliphatic rings. The number of aldehydes is 1. The molecule has 0 aliphatic heterocycles. The predicted molar refractivity (Wildman–Crippen MR) is 68.9 cm³/mol. The molecular formula is C15H19F3O. The summed E-state index contributed by atoms with van der Waals surface area (Å²) in [5, 5.41) is 0. The molecule has 1 rings (SSSR count). The smallest absolute Gasteiger partial charge is 0.195 e. The minimum atomic E-state index is -1.46. The van der Waals surface area contributed by atoms with Crippen molar-refractivity contribution in [1.29, 1.82) is 0 Å². The third-order valence-corrected chi connectivity index (χ3v) is 3.24. The molecule has 0 aromatic heterocycles. The van der Waals surface area contributed by atoms with Crippen LogP contribution in [0.15, 0.2) is 0 Å². The third-order valence-electron chi connectivity index (χ3n) is 3.24. The summed E-state index contributed by atoms with van der Waals surface area (Å²) in [6, 6.07) is 0. The van der Waals surface area contributed by atoms with Crippen LogP contribution in [0, 0.1) is 17.5 Å². The Balaban J connectivity index is 3.35. The maximum Gasteiger partial charge on any atom is 0.195 e.